The quantitative estimate of drug-likeness (QED) is 0.927. The van der Waals surface area contributed by atoms with Crippen molar-refractivity contribution in [3.8, 4) is 10.6 Å². The predicted octanol–water partition coefficient (Wildman–Crippen LogP) is 3.79. The number of thiazole rings is 1. The molecule has 2 nitrogen and oxygen atoms in total. The Morgan fingerprint density at radius 2 is 2.35 bits per heavy atom. The molecule has 1 atom stereocenters. The zero-order valence-corrected chi connectivity index (χ0v) is 12.5. The molecule has 0 aromatic carbocycles. The molecule has 1 fully saturated rings. The van der Waals surface area contributed by atoms with E-state index in [1.807, 2.05) is 0 Å². The third-order valence-corrected chi connectivity index (χ3v) is 5.58. The number of aromatic nitrogens is 1. The van der Waals surface area contributed by atoms with E-state index < -0.39 is 0 Å². The number of nitrogens with zero attached hydrogens (tertiary/aromatic N) is 1. The predicted molar refractivity (Wildman–Crippen MR) is 77.8 cm³/mol. The van der Waals surface area contributed by atoms with Crippen LogP contribution in [0.15, 0.2) is 21.3 Å². The summed E-state index contributed by atoms with van der Waals surface area (Å²) in [5.41, 5.74) is 1.13. The summed E-state index contributed by atoms with van der Waals surface area (Å²) in [5.74, 6) is 0.782. The Morgan fingerprint density at radius 1 is 1.41 bits per heavy atom. The van der Waals surface area contributed by atoms with Crippen molar-refractivity contribution < 1.29 is 0 Å². The van der Waals surface area contributed by atoms with Crippen LogP contribution >= 0.6 is 38.6 Å². The number of hydrogen-bond donors (Lipinski definition) is 1. The van der Waals surface area contributed by atoms with Crippen LogP contribution < -0.4 is 5.32 Å². The molecule has 3 heterocycles. The maximum absolute atomic E-state index is 4.74. The third kappa shape index (κ3) is 2.78. The highest BCUT2D eigenvalue weighted by Crippen LogP contribution is 2.31. The number of hydrogen-bond acceptors (Lipinski definition) is 4. The number of thiophene rings is 1. The minimum atomic E-state index is 0.782. The molecule has 1 N–H and O–H groups in total. The van der Waals surface area contributed by atoms with Crippen molar-refractivity contribution in [1.82, 2.24) is 10.3 Å². The van der Waals surface area contributed by atoms with E-state index in [-0.39, 0.29) is 0 Å². The van der Waals surface area contributed by atoms with Crippen LogP contribution in [0.4, 0.5) is 0 Å². The van der Waals surface area contributed by atoms with E-state index in [9.17, 15) is 0 Å². The Bertz CT molecular complexity index is 500. The van der Waals surface area contributed by atoms with E-state index in [0.29, 0.717) is 0 Å². The largest absolute Gasteiger partial charge is 0.316 e. The SMILES string of the molecule is Brc1csc(-c2csc(CC3CCNC3)n2)c1. The van der Waals surface area contributed by atoms with E-state index >= 15 is 0 Å². The fraction of sp³-hybridized carbons (Fsp3) is 0.417. The average Bonchev–Trinajstić information content (AvgIpc) is 2.99. The first-order chi connectivity index (χ1) is 8.31. The van der Waals surface area contributed by atoms with Gasteiger partial charge in [-0.1, -0.05) is 0 Å². The second-order valence-electron chi connectivity index (χ2n) is 4.32. The van der Waals surface area contributed by atoms with Crippen LogP contribution in [-0.4, -0.2) is 18.1 Å². The Labute approximate surface area is 117 Å². The number of nitrogens with one attached hydrogen (secondary N) is 1. The highest BCUT2D eigenvalue weighted by molar-refractivity contribution is 9.10. The fourth-order valence-electron chi connectivity index (χ4n) is 2.10. The Morgan fingerprint density at radius 3 is 3.06 bits per heavy atom. The van der Waals surface area contributed by atoms with Crippen LogP contribution in [0.1, 0.15) is 11.4 Å². The van der Waals surface area contributed by atoms with Gasteiger partial charge in [-0.25, -0.2) is 4.98 Å². The molecule has 1 aliphatic rings. The lowest BCUT2D eigenvalue weighted by molar-refractivity contribution is 0.578. The van der Waals surface area contributed by atoms with Crippen molar-refractivity contribution in [3.63, 3.8) is 0 Å². The molecule has 90 valence electrons. The van der Waals surface area contributed by atoms with Crippen molar-refractivity contribution in [2.75, 3.05) is 13.1 Å². The Hall–Kier alpha value is -0.230. The van der Waals surface area contributed by atoms with E-state index in [2.05, 4.69) is 38.1 Å². The van der Waals surface area contributed by atoms with Gasteiger partial charge in [-0.15, -0.1) is 22.7 Å². The van der Waals surface area contributed by atoms with Crippen molar-refractivity contribution in [1.29, 1.82) is 0 Å². The summed E-state index contributed by atoms with van der Waals surface area (Å²) in [5, 5.41) is 8.97. The highest BCUT2D eigenvalue weighted by Gasteiger charge is 2.17. The molecule has 1 saturated heterocycles. The van der Waals surface area contributed by atoms with E-state index in [1.54, 1.807) is 22.7 Å². The van der Waals surface area contributed by atoms with Gasteiger partial charge in [-0.2, -0.15) is 0 Å². The Balaban J connectivity index is 1.73. The van der Waals surface area contributed by atoms with Crippen molar-refractivity contribution >= 4 is 38.6 Å². The third-order valence-electron chi connectivity index (χ3n) is 3.00. The monoisotopic (exact) mass is 328 g/mol. The van der Waals surface area contributed by atoms with Crippen LogP contribution in [0, 0.1) is 5.92 Å². The van der Waals surface area contributed by atoms with Gasteiger partial charge in [0.25, 0.3) is 0 Å². The first kappa shape index (κ1) is 11.8. The lowest BCUT2D eigenvalue weighted by atomic mass is 10.1. The smallest absolute Gasteiger partial charge is 0.0936 e. The molecule has 0 radical (unpaired) electrons. The average molecular weight is 329 g/mol. The molecule has 1 aliphatic heterocycles. The summed E-state index contributed by atoms with van der Waals surface area (Å²) in [7, 11) is 0. The van der Waals surface area contributed by atoms with Gasteiger partial charge in [0, 0.05) is 21.7 Å². The first-order valence-electron chi connectivity index (χ1n) is 5.71. The summed E-state index contributed by atoms with van der Waals surface area (Å²) in [6.45, 7) is 2.32. The van der Waals surface area contributed by atoms with E-state index in [1.165, 1.54) is 22.9 Å². The van der Waals surface area contributed by atoms with Gasteiger partial charge < -0.3 is 5.32 Å². The van der Waals surface area contributed by atoms with Gasteiger partial charge in [0.15, 0.2) is 0 Å². The Kier molecular flexibility index (Phi) is 3.61. The standard InChI is InChI=1S/C12H13BrN2S2/c13-9-4-11(16-6-9)10-7-17-12(15-10)3-8-1-2-14-5-8/h4,6-8,14H,1-3,5H2. The molecule has 0 aliphatic carbocycles. The van der Waals surface area contributed by atoms with Crippen molar-refractivity contribution in [2.45, 2.75) is 12.8 Å². The maximum Gasteiger partial charge on any atom is 0.0936 e. The molecular weight excluding hydrogens is 316 g/mol. The lowest BCUT2D eigenvalue weighted by Crippen LogP contribution is -2.10. The van der Waals surface area contributed by atoms with E-state index in [0.717, 1.165) is 29.1 Å². The van der Waals surface area contributed by atoms with Gasteiger partial charge in [0.1, 0.15) is 0 Å². The maximum atomic E-state index is 4.74. The lowest BCUT2D eigenvalue weighted by Gasteiger charge is -2.03. The zero-order valence-electron chi connectivity index (χ0n) is 9.28. The van der Waals surface area contributed by atoms with Gasteiger partial charge in [-0.05, 0) is 47.4 Å². The molecule has 5 heteroatoms. The van der Waals surface area contributed by atoms with Crippen molar-refractivity contribution in [2.24, 2.45) is 5.92 Å². The molecular formula is C12H13BrN2S2. The number of halogens is 1. The van der Waals surface area contributed by atoms with Gasteiger partial charge in [-0.3, -0.25) is 0 Å². The molecule has 0 spiro atoms. The van der Waals surface area contributed by atoms with Crippen LogP contribution in [0.2, 0.25) is 0 Å². The van der Waals surface area contributed by atoms with Gasteiger partial charge in [0.2, 0.25) is 0 Å². The van der Waals surface area contributed by atoms with Crippen LogP contribution in [0.5, 0.6) is 0 Å². The van der Waals surface area contributed by atoms with E-state index in [4.69, 9.17) is 4.98 Å². The summed E-state index contributed by atoms with van der Waals surface area (Å²) in [6.07, 6.45) is 2.42. The summed E-state index contributed by atoms with van der Waals surface area (Å²) < 4.78 is 1.15. The molecule has 1 unspecified atom stereocenters. The van der Waals surface area contributed by atoms with Crippen LogP contribution in [-0.2, 0) is 6.42 Å². The topological polar surface area (TPSA) is 24.9 Å². The summed E-state index contributed by atoms with van der Waals surface area (Å²) >= 11 is 7.02. The van der Waals surface area contributed by atoms with Crippen molar-refractivity contribution in [3.05, 3.63) is 26.3 Å². The van der Waals surface area contributed by atoms with Gasteiger partial charge in [0.05, 0.1) is 15.6 Å². The minimum Gasteiger partial charge on any atom is -0.316 e. The molecule has 3 rings (SSSR count). The number of rotatable bonds is 3. The molecule has 2 aromatic rings. The first-order valence-corrected chi connectivity index (χ1v) is 8.26. The molecule has 17 heavy (non-hydrogen) atoms. The van der Waals surface area contributed by atoms with Crippen LogP contribution in [0.25, 0.3) is 10.6 Å². The second-order valence-corrected chi connectivity index (χ2v) is 7.09. The highest BCUT2D eigenvalue weighted by atomic mass is 79.9. The minimum absolute atomic E-state index is 0.782. The molecule has 0 bridgehead atoms. The summed E-state index contributed by atoms with van der Waals surface area (Å²) in [4.78, 5) is 5.99. The second kappa shape index (κ2) is 5.18. The normalized spacial score (nSPS) is 19.9. The van der Waals surface area contributed by atoms with Crippen LogP contribution in [0.3, 0.4) is 0 Å². The molecule has 0 saturated carbocycles. The molecule has 0 amide bonds. The van der Waals surface area contributed by atoms with Gasteiger partial charge >= 0.3 is 0 Å². The zero-order chi connectivity index (χ0) is 11.7. The fourth-order valence-corrected chi connectivity index (χ4v) is 4.47. The molecule has 2 aromatic heterocycles. The summed E-state index contributed by atoms with van der Waals surface area (Å²) in [6, 6.07) is 2.14.